The number of nitrogens with one attached hydrogen (secondary N) is 1. The Labute approximate surface area is 103 Å². The molecule has 0 saturated carbocycles. The lowest BCUT2D eigenvalue weighted by Crippen LogP contribution is -2.16. The Bertz CT molecular complexity index is 504. The molecule has 0 aromatic carbocycles. The van der Waals surface area contributed by atoms with Crippen LogP contribution in [0.3, 0.4) is 0 Å². The molecule has 17 heavy (non-hydrogen) atoms. The van der Waals surface area contributed by atoms with Gasteiger partial charge in [0, 0.05) is 24.3 Å². The van der Waals surface area contributed by atoms with E-state index in [2.05, 4.69) is 17.2 Å². The minimum Gasteiger partial charge on any atom is -0.397 e. The third kappa shape index (κ3) is 2.65. The van der Waals surface area contributed by atoms with Crippen LogP contribution in [0.2, 0.25) is 0 Å². The van der Waals surface area contributed by atoms with Crippen LogP contribution in [0.1, 0.15) is 23.8 Å². The van der Waals surface area contributed by atoms with Crippen LogP contribution in [0.4, 0.5) is 10.8 Å². The molecule has 2 heterocycles. The van der Waals surface area contributed by atoms with E-state index in [1.807, 2.05) is 9.95 Å². The highest BCUT2D eigenvalue weighted by Crippen LogP contribution is 2.15. The summed E-state index contributed by atoms with van der Waals surface area (Å²) in [5.74, 6) is -0.176. The van der Waals surface area contributed by atoms with Crippen molar-refractivity contribution in [3.63, 3.8) is 0 Å². The van der Waals surface area contributed by atoms with Gasteiger partial charge in [0.2, 0.25) is 0 Å². The van der Waals surface area contributed by atoms with Gasteiger partial charge in [-0.3, -0.25) is 10.1 Å². The van der Waals surface area contributed by atoms with Gasteiger partial charge in [-0.15, -0.1) is 11.3 Å². The smallest absolute Gasteiger partial charge is 0.274 e. The highest BCUT2D eigenvalue weighted by atomic mass is 32.1. The number of anilines is 2. The first-order valence-electron chi connectivity index (χ1n) is 5.37. The molecule has 2 aromatic heterocycles. The predicted octanol–water partition coefficient (Wildman–Crippen LogP) is 2.19. The number of hydrogen-bond acceptors (Lipinski definition) is 4. The summed E-state index contributed by atoms with van der Waals surface area (Å²) in [5, 5.41) is 5.15. The SMILES string of the molecule is CCCn1cc(N)cc1C(=O)Nc1nccs1. The molecule has 90 valence electrons. The highest BCUT2D eigenvalue weighted by molar-refractivity contribution is 7.13. The Kier molecular flexibility index (Phi) is 3.43. The summed E-state index contributed by atoms with van der Waals surface area (Å²) in [7, 11) is 0. The zero-order valence-corrected chi connectivity index (χ0v) is 10.3. The van der Waals surface area contributed by atoms with Gasteiger partial charge in [0.15, 0.2) is 5.13 Å². The average molecular weight is 250 g/mol. The monoisotopic (exact) mass is 250 g/mol. The van der Waals surface area contributed by atoms with E-state index in [1.165, 1.54) is 11.3 Å². The summed E-state index contributed by atoms with van der Waals surface area (Å²) in [4.78, 5) is 16.0. The van der Waals surface area contributed by atoms with Crippen molar-refractivity contribution in [2.24, 2.45) is 0 Å². The Hall–Kier alpha value is -1.82. The highest BCUT2D eigenvalue weighted by Gasteiger charge is 2.13. The molecule has 0 aliphatic heterocycles. The molecule has 0 aliphatic rings. The first kappa shape index (κ1) is 11.7. The maximum absolute atomic E-state index is 12.0. The zero-order valence-electron chi connectivity index (χ0n) is 9.51. The summed E-state index contributed by atoms with van der Waals surface area (Å²) in [6, 6.07) is 1.68. The van der Waals surface area contributed by atoms with Crippen molar-refractivity contribution < 1.29 is 4.79 Å². The van der Waals surface area contributed by atoms with Crippen molar-refractivity contribution in [1.82, 2.24) is 9.55 Å². The fourth-order valence-corrected chi connectivity index (χ4v) is 2.12. The van der Waals surface area contributed by atoms with Crippen LogP contribution in [0.5, 0.6) is 0 Å². The molecule has 0 radical (unpaired) electrons. The third-order valence-electron chi connectivity index (χ3n) is 2.27. The van der Waals surface area contributed by atoms with Crippen LogP contribution >= 0.6 is 11.3 Å². The van der Waals surface area contributed by atoms with Gasteiger partial charge in [-0.1, -0.05) is 6.92 Å². The van der Waals surface area contributed by atoms with Crippen molar-refractivity contribution in [3.05, 3.63) is 29.5 Å². The van der Waals surface area contributed by atoms with Crippen molar-refractivity contribution in [2.45, 2.75) is 19.9 Å². The molecule has 3 N–H and O–H groups in total. The van der Waals surface area contributed by atoms with Gasteiger partial charge in [-0.2, -0.15) is 0 Å². The first-order chi connectivity index (χ1) is 8.20. The number of aryl methyl sites for hydroxylation is 1. The number of nitrogens with zero attached hydrogens (tertiary/aromatic N) is 2. The summed E-state index contributed by atoms with van der Waals surface area (Å²) >= 11 is 1.39. The number of hydrogen-bond donors (Lipinski definition) is 2. The minimum atomic E-state index is -0.176. The van der Waals surface area contributed by atoms with Crippen molar-refractivity contribution in [3.8, 4) is 0 Å². The summed E-state index contributed by atoms with van der Waals surface area (Å²) < 4.78 is 1.86. The molecular weight excluding hydrogens is 236 g/mol. The molecule has 2 aromatic rings. The van der Waals surface area contributed by atoms with E-state index in [4.69, 9.17) is 5.73 Å². The summed E-state index contributed by atoms with van der Waals surface area (Å²) in [5.41, 5.74) is 6.88. The molecule has 0 saturated heterocycles. The molecule has 0 unspecified atom stereocenters. The quantitative estimate of drug-likeness (QED) is 0.873. The lowest BCUT2D eigenvalue weighted by atomic mass is 10.3. The molecule has 1 amide bonds. The number of nitrogens with two attached hydrogens (primary N) is 1. The maximum Gasteiger partial charge on any atom is 0.274 e. The second-order valence-corrected chi connectivity index (χ2v) is 4.54. The Balaban J connectivity index is 2.18. The molecule has 0 aliphatic carbocycles. The molecule has 5 nitrogen and oxygen atoms in total. The van der Waals surface area contributed by atoms with E-state index in [-0.39, 0.29) is 5.91 Å². The van der Waals surface area contributed by atoms with E-state index in [0.717, 1.165) is 13.0 Å². The van der Waals surface area contributed by atoms with Gasteiger partial charge >= 0.3 is 0 Å². The molecule has 0 spiro atoms. The number of carbonyl (C=O) groups is 1. The number of nitrogen functional groups attached to an aromatic ring is 1. The topological polar surface area (TPSA) is 72.9 Å². The van der Waals surface area contributed by atoms with Gasteiger partial charge in [-0.25, -0.2) is 4.98 Å². The second kappa shape index (κ2) is 5.01. The van der Waals surface area contributed by atoms with Crippen LogP contribution in [0.15, 0.2) is 23.8 Å². The van der Waals surface area contributed by atoms with Gasteiger partial charge in [-0.05, 0) is 12.5 Å². The molecule has 0 bridgehead atoms. The van der Waals surface area contributed by atoms with E-state index < -0.39 is 0 Å². The summed E-state index contributed by atoms with van der Waals surface area (Å²) in [6.45, 7) is 2.83. The Morgan fingerprint density at radius 3 is 3.12 bits per heavy atom. The Morgan fingerprint density at radius 1 is 1.65 bits per heavy atom. The first-order valence-corrected chi connectivity index (χ1v) is 6.25. The summed E-state index contributed by atoms with van der Waals surface area (Å²) in [6.07, 6.45) is 4.38. The Morgan fingerprint density at radius 2 is 2.47 bits per heavy atom. The molecule has 0 atom stereocenters. The van der Waals surface area contributed by atoms with Gasteiger partial charge < -0.3 is 10.3 Å². The van der Waals surface area contributed by atoms with E-state index in [0.29, 0.717) is 16.5 Å². The van der Waals surface area contributed by atoms with Crippen LogP contribution in [0, 0.1) is 0 Å². The average Bonchev–Trinajstić information content (AvgIpc) is 2.88. The van der Waals surface area contributed by atoms with Crippen LogP contribution in [0.25, 0.3) is 0 Å². The van der Waals surface area contributed by atoms with Gasteiger partial charge in [0.1, 0.15) is 5.69 Å². The number of amides is 1. The van der Waals surface area contributed by atoms with Crippen molar-refractivity contribution >= 4 is 28.1 Å². The normalized spacial score (nSPS) is 10.4. The van der Waals surface area contributed by atoms with E-state index in [9.17, 15) is 4.79 Å². The lowest BCUT2D eigenvalue weighted by Gasteiger charge is -2.06. The predicted molar refractivity (Wildman–Crippen MR) is 69.2 cm³/mol. The van der Waals surface area contributed by atoms with Crippen molar-refractivity contribution in [1.29, 1.82) is 0 Å². The minimum absolute atomic E-state index is 0.176. The van der Waals surface area contributed by atoms with E-state index >= 15 is 0 Å². The number of aromatic nitrogens is 2. The molecule has 2 rings (SSSR count). The fraction of sp³-hybridized carbons (Fsp3) is 0.273. The van der Waals surface area contributed by atoms with Gasteiger partial charge in [0.25, 0.3) is 5.91 Å². The van der Waals surface area contributed by atoms with Crippen LogP contribution in [-0.2, 0) is 6.54 Å². The van der Waals surface area contributed by atoms with E-state index in [1.54, 1.807) is 18.5 Å². The lowest BCUT2D eigenvalue weighted by molar-refractivity contribution is 0.101. The van der Waals surface area contributed by atoms with Crippen molar-refractivity contribution in [2.75, 3.05) is 11.1 Å². The third-order valence-corrected chi connectivity index (χ3v) is 2.96. The zero-order chi connectivity index (χ0) is 12.3. The second-order valence-electron chi connectivity index (χ2n) is 3.64. The molecule has 6 heteroatoms. The van der Waals surface area contributed by atoms with Gasteiger partial charge in [0.05, 0.1) is 5.69 Å². The maximum atomic E-state index is 12.0. The molecular formula is C11H14N4OS. The number of thiazole rings is 1. The van der Waals surface area contributed by atoms with Crippen LogP contribution in [-0.4, -0.2) is 15.5 Å². The fourth-order valence-electron chi connectivity index (χ4n) is 1.60. The molecule has 0 fully saturated rings. The number of rotatable bonds is 4. The van der Waals surface area contributed by atoms with Crippen LogP contribution < -0.4 is 11.1 Å². The standard InChI is InChI=1S/C11H14N4OS/c1-2-4-15-7-8(12)6-9(15)10(16)14-11-13-3-5-17-11/h3,5-7H,2,4,12H2,1H3,(H,13,14,16). The largest absolute Gasteiger partial charge is 0.397 e. The number of carbonyl (C=O) groups excluding carboxylic acids is 1.